The number of aryl methyl sites for hydroxylation is 2. The third-order valence-corrected chi connectivity index (χ3v) is 5.83. The molecule has 35 heavy (non-hydrogen) atoms. The number of hydrogen-bond acceptors (Lipinski definition) is 3. The number of carbonyl (C=O) groups is 2. The number of carbonyl (C=O) groups excluding carboxylic acids is 2. The topological polar surface area (TPSA) is 52.7 Å². The van der Waals surface area contributed by atoms with Crippen molar-refractivity contribution in [2.75, 3.05) is 30.9 Å². The molecule has 0 bridgehead atoms. The number of anilines is 2. The van der Waals surface area contributed by atoms with E-state index in [9.17, 15) is 9.59 Å². The summed E-state index contributed by atoms with van der Waals surface area (Å²) < 4.78 is 0. The number of amides is 2. The molecule has 0 spiro atoms. The van der Waals surface area contributed by atoms with Crippen molar-refractivity contribution in [3.63, 3.8) is 0 Å². The molecule has 0 radical (unpaired) electrons. The minimum atomic E-state index is -0.0210. The summed E-state index contributed by atoms with van der Waals surface area (Å²) in [4.78, 5) is 30.0. The quantitative estimate of drug-likeness (QED) is 0.399. The van der Waals surface area contributed by atoms with E-state index in [1.54, 1.807) is 0 Å². The Morgan fingerprint density at radius 2 is 1.66 bits per heavy atom. The molecule has 184 valence electrons. The molecule has 1 N–H and O–H groups in total. The number of nitrogens with zero attached hydrogens (tertiary/aromatic N) is 2. The summed E-state index contributed by atoms with van der Waals surface area (Å²) in [5.41, 5.74) is 5.68. The molecular formula is C30H37N3O2. The van der Waals surface area contributed by atoms with Crippen molar-refractivity contribution >= 4 is 23.2 Å². The second-order valence-corrected chi connectivity index (χ2v) is 9.72. The molecule has 3 rings (SSSR count). The summed E-state index contributed by atoms with van der Waals surface area (Å²) in [6.45, 7) is 7.34. The van der Waals surface area contributed by atoms with Gasteiger partial charge in [-0.1, -0.05) is 61.9 Å². The number of rotatable bonds is 10. The van der Waals surface area contributed by atoms with Gasteiger partial charge < -0.3 is 15.1 Å². The van der Waals surface area contributed by atoms with Crippen molar-refractivity contribution < 1.29 is 9.59 Å². The predicted molar refractivity (Wildman–Crippen MR) is 145 cm³/mol. The second-order valence-electron chi connectivity index (χ2n) is 9.72. The lowest BCUT2D eigenvalue weighted by atomic mass is 10.1. The second kappa shape index (κ2) is 12.2. The van der Waals surface area contributed by atoms with Crippen LogP contribution in [0.5, 0.6) is 0 Å². The molecule has 3 aromatic carbocycles. The van der Waals surface area contributed by atoms with Crippen LogP contribution in [-0.4, -0.2) is 37.4 Å². The molecule has 0 aliphatic heterocycles. The molecule has 0 atom stereocenters. The van der Waals surface area contributed by atoms with Crippen molar-refractivity contribution in [2.45, 2.75) is 40.2 Å². The van der Waals surface area contributed by atoms with Gasteiger partial charge >= 0.3 is 0 Å². The maximum atomic E-state index is 13.4. The van der Waals surface area contributed by atoms with Crippen LogP contribution in [0.25, 0.3) is 0 Å². The predicted octanol–water partition coefficient (Wildman–Crippen LogP) is 5.93. The van der Waals surface area contributed by atoms with Gasteiger partial charge in [-0.3, -0.25) is 9.59 Å². The smallest absolute Gasteiger partial charge is 0.254 e. The summed E-state index contributed by atoms with van der Waals surface area (Å²) in [6.07, 6.45) is 1.11. The van der Waals surface area contributed by atoms with Crippen molar-refractivity contribution in [1.29, 1.82) is 0 Å². The zero-order chi connectivity index (χ0) is 25.4. The van der Waals surface area contributed by atoms with Crippen molar-refractivity contribution in [3.05, 3.63) is 95.1 Å². The monoisotopic (exact) mass is 471 g/mol. The Morgan fingerprint density at radius 1 is 0.914 bits per heavy atom. The Labute approximate surface area is 209 Å². The molecule has 0 saturated carbocycles. The van der Waals surface area contributed by atoms with Crippen LogP contribution in [-0.2, 0) is 17.8 Å². The van der Waals surface area contributed by atoms with Crippen LogP contribution in [0.2, 0.25) is 0 Å². The van der Waals surface area contributed by atoms with Gasteiger partial charge in [0.2, 0.25) is 5.91 Å². The van der Waals surface area contributed by atoms with Crippen LogP contribution in [0.3, 0.4) is 0 Å². The van der Waals surface area contributed by atoms with E-state index in [1.807, 2.05) is 104 Å². The number of benzene rings is 3. The first-order valence-electron chi connectivity index (χ1n) is 12.2. The third kappa shape index (κ3) is 7.71. The van der Waals surface area contributed by atoms with Crippen LogP contribution < -0.4 is 10.2 Å². The Bertz CT molecular complexity index is 1140. The molecule has 0 heterocycles. The SMILES string of the molecule is Cc1cccc(C(=O)N(Cc2cc(NC(=O)CCc3ccccc3)ccc2N(C)C)CC(C)C)c1. The fourth-order valence-electron chi connectivity index (χ4n) is 4.18. The number of nitrogens with one attached hydrogen (secondary N) is 1. The minimum absolute atomic E-state index is 0.0180. The van der Waals surface area contributed by atoms with Crippen molar-refractivity contribution in [2.24, 2.45) is 5.92 Å². The molecule has 0 saturated heterocycles. The Balaban J connectivity index is 1.80. The molecular weight excluding hydrogens is 434 g/mol. The van der Waals surface area contributed by atoms with Gasteiger partial charge in [0, 0.05) is 50.5 Å². The molecule has 3 aromatic rings. The van der Waals surface area contributed by atoms with E-state index in [0.717, 1.165) is 28.1 Å². The van der Waals surface area contributed by atoms with Crippen LogP contribution in [0, 0.1) is 12.8 Å². The van der Waals surface area contributed by atoms with E-state index in [4.69, 9.17) is 0 Å². The van der Waals surface area contributed by atoms with Gasteiger partial charge in [0.25, 0.3) is 5.91 Å². The fourth-order valence-corrected chi connectivity index (χ4v) is 4.18. The lowest BCUT2D eigenvalue weighted by Gasteiger charge is -2.28. The molecule has 0 aliphatic carbocycles. The Morgan fingerprint density at radius 3 is 2.31 bits per heavy atom. The summed E-state index contributed by atoms with van der Waals surface area (Å²) in [5, 5.41) is 3.04. The van der Waals surface area contributed by atoms with Crippen LogP contribution >= 0.6 is 0 Å². The molecule has 0 fully saturated rings. The van der Waals surface area contributed by atoms with Crippen molar-refractivity contribution in [1.82, 2.24) is 4.90 Å². The van der Waals surface area contributed by atoms with Gasteiger partial charge in [-0.25, -0.2) is 0 Å². The fraction of sp³-hybridized carbons (Fsp3) is 0.333. The summed E-state index contributed by atoms with van der Waals surface area (Å²) in [6, 6.07) is 23.7. The highest BCUT2D eigenvalue weighted by atomic mass is 16.2. The molecule has 0 aliphatic rings. The lowest BCUT2D eigenvalue weighted by Crippen LogP contribution is -2.34. The lowest BCUT2D eigenvalue weighted by molar-refractivity contribution is -0.116. The van der Waals surface area contributed by atoms with Gasteiger partial charge in [-0.2, -0.15) is 0 Å². The summed E-state index contributed by atoms with van der Waals surface area (Å²) >= 11 is 0. The zero-order valence-corrected chi connectivity index (χ0v) is 21.5. The van der Waals surface area contributed by atoms with Crippen LogP contribution in [0.1, 0.15) is 47.3 Å². The molecule has 0 unspecified atom stereocenters. The maximum Gasteiger partial charge on any atom is 0.254 e. The highest BCUT2D eigenvalue weighted by Gasteiger charge is 2.20. The van der Waals surface area contributed by atoms with E-state index in [2.05, 4.69) is 19.2 Å². The first kappa shape index (κ1) is 26.0. The van der Waals surface area contributed by atoms with Gasteiger partial charge in [-0.15, -0.1) is 0 Å². The summed E-state index contributed by atoms with van der Waals surface area (Å²) in [7, 11) is 3.98. The molecule has 0 aromatic heterocycles. The van der Waals surface area contributed by atoms with E-state index >= 15 is 0 Å². The highest BCUT2D eigenvalue weighted by Crippen LogP contribution is 2.26. The average Bonchev–Trinajstić information content (AvgIpc) is 2.82. The van der Waals surface area contributed by atoms with E-state index < -0.39 is 0 Å². The first-order valence-corrected chi connectivity index (χ1v) is 12.2. The largest absolute Gasteiger partial charge is 0.377 e. The van der Waals surface area contributed by atoms with Gasteiger partial charge in [0.15, 0.2) is 0 Å². The minimum Gasteiger partial charge on any atom is -0.377 e. The zero-order valence-electron chi connectivity index (χ0n) is 21.5. The Hall–Kier alpha value is -3.60. The first-order chi connectivity index (χ1) is 16.7. The van der Waals surface area contributed by atoms with Gasteiger partial charge in [0.1, 0.15) is 0 Å². The van der Waals surface area contributed by atoms with Gasteiger partial charge in [-0.05, 0) is 60.7 Å². The normalized spacial score (nSPS) is 10.8. The van der Waals surface area contributed by atoms with E-state index in [-0.39, 0.29) is 11.8 Å². The molecule has 5 heteroatoms. The highest BCUT2D eigenvalue weighted by molar-refractivity contribution is 5.94. The van der Waals surface area contributed by atoms with E-state index in [1.165, 1.54) is 0 Å². The van der Waals surface area contributed by atoms with E-state index in [0.29, 0.717) is 37.4 Å². The number of hydrogen-bond donors (Lipinski definition) is 1. The van der Waals surface area contributed by atoms with Crippen LogP contribution in [0.4, 0.5) is 11.4 Å². The molecule has 2 amide bonds. The molecule has 5 nitrogen and oxygen atoms in total. The van der Waals surface area contributed by atoms with Gasteiger partial charge in [0.05, 0.1) is 0 Å². The maximum absolute atomic E-state index is 13.4. The third-order valence-electron chi connectivity index (χ3n) is 5.83. The van der Waals surface area contributed by atoms with Crippen LogP contribution in [0.15, 0.2) is 72.8 Å². The summed E-state index contributed by atoms with van der Waals surface area (Å²) in [5.74, 6) is 0.323. The van der Waals surface area contributed by atoms with Crippen molar-refractivity contribution in [3.8, 4) is 0 Å². The standard InChI is InChI=1S/C30H37N3O2/c1-22(2)20-33(30(35)25-13-9-10-23(3)18-25)21-26-19-27(15-16-28(26)32(4)5)31-29(34)17-14-24-11-7-6-8-12-24/h6-13,15-16,18-19,22H,14,17,20-21H2,1-5H3,(H,31,34). The average molecular weight is 472 g/mol. The Kier molecular flexibility index (Phi) is 9.07.